The molecule has 4 atom stereocenters. The number of ether oxygens (including phenoxy) is 1. The number of nitrogens with one attached hydrogen (secondary N) is 1. The van der Waals surface area contributed by atoms with Gasteiger partial charge in [-0.15, -0.1) is 0 Å². The predicted molar refractivity (Wildman–Crippen MR) is 159 cm³/mol. The molecule has 0 bridgehead atoms. The predicted octanol–water partition coefficient (Wildman–Crippen LogP) is 4.25. The summed E-state index contributed by atoms with van der Waals surface area (Å²) in [4.78, 5) is 22.6. The Morgan fingerprint density at radius 3 is 2.59 bits per heavy atom. The van der Waals surface area contributed by atoms with Crippen LogP contribution < -0.4 is 15.1 Å². The first-order valence-electron chi connectivity index (χ1n) is 14.4. The summed E-state index contributed by atoms with van der Waals surface area (Å²) >= 11 is 0. The van der Waals surface area contributed by atoms with Crippen LogP contribution in [-0.2, 0) is 14.6 Å². The highest BCUT2D eigenvalue weighted by Crippen LogP contribution is 2.38. The van der Waals surface area contributed by atoms with E-state index in [1.54, 1.807) is 12.3 Å². The summed E-state index contributed by atoms with van der Waals surface area (Å²) in [5, 5.41) is 5.27. The number of hydrogen-bond acceptors (Lipinski definition) is 10. The third kappa shape index (κ3) is 6.08. The summed E-state index contributed by atoms with van der Waals surface area (Å²) in [6, 6.07) is 3.85. The minimum atomic E-state index is -3.04. The van der Waals surface area contributed by atoms with Crippen LogP contribution in [0.1, 0.15) is 51.6 Å². The smallest absolute Gasteiger partial charge is 0.227 e. The van der Waals surface area contributed by atoms with Crippen LogP contribution in [0.25, 0.3) is 10.8 Å². The number of aromatic nitrogens is 4. The van der Waals surface area contributed by atoms with E-state index < -0.39 is 16.0 Å². The Morgan fingerprint density at radius 1 is 1.10 bits per heavy atom. The minimum Gasteiger partial charge on any atom is -0.372 e. The van der Waals surface area contributed by atoms with Crippen LogP contribution in [0.5, 0.6) is 0 Å². The summed E-state index contributed by atoms with van der Waals surface area (Å²) in [5.74, 6) is 2.14. The van der Waals surface area contributed by atoms with Crippen molar-refractivity contribution in [2.75, 3.05) is 46.8 Å². The molecule has 5 heterocycles. The van der Waals surface area contributed by atoms with Gasteiger partial charge < -0.3 is 19.9 Å². The van der Waals surface area contributed by atoms with Gasteiger partial charge in [-0.05, 0) is 44.2 Å². The van der Waals surface area contributed by atoms with Gasteiger partial charge in [0.05, 0.1) is 42.1 Å². The molecule has 3 aromatic rings. The number of rotatable bonds is 9. The van der Waals surface area contributed by atoms with Gasteiger partial charge in [0.25, 0.3) is 0 Å². The lowest BCUT2D eigenvalue weighted by atomic mass is 9.90. The van der Waals surface area contributed by atoms with Crippen molar-refractivity contribution in [3.05, 3.63) is 36.4 Å². The van der Waals surface area contributed by atoms with Gasteiger partial charge in [0, 0.05) is 54.5 Å². The standard InChI is InChI=1S/C29H38FN7O3S/c1-17(2)28-21-11-27(32-12-22(21)24(13-33-28)37-14-19(18(37)3)16-41(4,38)39)34-26-7-9-31-29(35-26)36-10-8-25(23(30)15-36)40-20-5-6-20/h7,9,11-13,17-20,23,25H,5-6,8,10,14-16H2,1-4H3,(H,31,32,34,35)/t18-,19-,23-,25+/m1/s1. The third-order valence-electron chi connectivity index (χ3n) is 8.32. The number of hydrogen-bond donors (Lipinski definition) is 1. The van der Waals surface area contributed by atoms with Crippen LogP contribution in [0.15, 0.2) is 30.7 Å². The molecule has 0 radical (unpaired) electrons. The molecule has 6 rings (SSSR count). The van der Waals surface area contributed by atoms with Gasteiger partial charge in [-0.3, -0.25) is 4.98 Å². The largest absolute Gasteiger partial charge is 0.372 e. The SMILES string of the molecule is CC(C)c1ncc(N2C[C@H](CS(C)(=O)=O)[C@H]2C)c2cnc(Nc3ccnc(N4CC[C@H](OC5CC5)[C@H](F)C4)n3)cc12. The molecule has 1 N–H and O–H groups in total. The molecule has 3 aliphatic rings. The van der Waals surface area contributed by atoms with Gasteiger partial charge in [-0.25, -0.2) is 22.8 Å². The maximum absolute atomic E-state index is 14.8. The lowest BCUT2D eigenvalue weighted by Crippen LogP contribution is -2.57. The molecule has 3 aromatic heterocycles. The first-order chi connectivity index (χ1) is 19.6. The topological polar surface area (TPSA) is 113 Å². The number of anilines is 4. The van der Waals surface area contributed by atoms with Crippen molar-refractivity contribution in [1.82, 2.24) is 19.9 Å². The van der Waals surface area contributed by atoms with E-state index in [-0.39, 0.29) is 42.4 Å². The number of alkyl halides is 1. The molecule has 2 saturated heterocycles. The average molecular weight is 584 g/mol. The molecule has 2 aliphatic heterocycles. The van der Waals surface area contributed by atoms with Crippen LogP contribution >= 0.6 is 0 Å². The monoisotopic (exact) mass is 583 g/mol. The van der Waals surface area contributed by atoms with Gasteiger partial charge in [-0.1, -0.05) is 13.8 Å². The fourth-order valence-electron chi connectivity index (χ4n) is 5.86. The van der Waals surface area contributed by atoms with Crippen molar-refractivity contribution in [3.63, 3.8) is 0 Å². The van der Waals surface area contributed by atoms with E-state index in [4.69, 9.17) is 14.7 Å². The normalized spacial score (nSPS) is 25.0. The second kappa shape index (κ2) is 10.9. The van der Waals surface area contributed by atoms with Crippen molar-refractivity contribution in [2.45, 2.75) is 70.4 Å². The third-order valence-corrected chi connectivity index (χ3v) is 9.35. The Balaban J connectivity index is 1.21. The van der Waals surface area contributed by atoms with Crippen molar-refractivity contribution < 1.29 is 17.5 Å². The van der Waals surface area contributed by atoms with Gasteiger partial charge in [0.2, 0.25) is 5.95 Å². The van der Waals surface area contributed by atoms with E-state index in [9.17, 15) is 12.8 Å². The van der Waals surface area contributed by atoms with Gasteiger partial charge in [0.15, 0.2) is 0 Å². The Morgan fingerprint density at radius 2 is 1.90 bits per heavy atom. The van der Waals surface area contributed by atoms with E-state index >= 15 is 0 Å². The van der Waals surface area contributed by atoms with E-state index in [0.29, 0.717) is 37.1 Å². The van der Waals surface area contributed by atoms with Crippen molar-refractivity contribution in [3.8, 4) is 0 Å². The van der Waals surface area contributed by atoms with Crippen molar-refractivity contribution >= 4 is 43.9 Å². The molecule has 0 unspecified atom stereocenters. The molecule has 3 fully saturated rings. The first kappa shape index (κ1) is 28.0. The van der Waals surface area contributed by atoms with Gasteiger partial charge in [-0.2, -0.15) is 4.98 Å². The first-order valence-corrected chi connectivity index (χ1v) is 16.5. The van der Waals surface area contributed by atoms with Crippen molar-refractivity contribution in [1.29, 1.82) is 0 Å². The Hall–Kier alpha value is -3.12. The summed E-state index contributed by atoms with van der Waals surface area (Å²) in [6.07, 6.45) is 8.19. The summed E-state index contributed by atoms with van der Waals surface area (Å²) in [5.41, 5.74) is 1.92. The molecule has 10 nitrogen and oxygen atoms in total. The molecule has 220 valence electrons. The van der Waals surface area contributed by atoms with Crippen LogP contribution in [0, 0.1) is 5.92 Å². The van der Waals surface area contributed by atoms with E-state index in [1.165, 1.54) is 6.26 Å². The molecule has 0 spiro atoms. The highest BCUT2D eigenvalue weighted by Gasteiger charge is 2.39. The quantitative estimate of drug-likeness (QED) is 0.392. The maximum atomic E-state index is 14.8. The van der Waals surface area contributed by atoms with Gasteiger partial charge in [0.1, 0.15) is 27.6 Å². The molecule has 0 amide bonds. The zero-order valence-corrected chi connectivity index (χ0v) is 24.8. The average Bonchev–Trinajstić information content (AvgIpc) is 3.75. The lowest BCUT2D eigenvalue weighted by molar-refractivity contribution is -0.0229. The number of sulfone groups is 1. The van der Waals surface area contributed by atoms with Crippen LogP contribution in [0.3, 0.4) is 0 Å². The van der Waals surface area contributed by atoms with E-state index in [0.717, 1.165) is 35.0 Å². The molecular formula is C29H38FN7O3S. The highest BCUT2D eigenvalue weighted by atomic mass is 32.2. The fourth-order valence-corrected chi connectivity index (χ4v) is 7.02. The number of piperidine rings is 1. The van der Waals surface area contributed by atoms with Crippen molar-refractivity contribution in [2.24, 2.45) is 5.92 Å². The van der Waals surface area contributed by atoms with E-state index in [1.807, 2.05) is 23.4 Å². The van der Waals surface area contributed by atoms with Gasteiger partial charge >= 0.3 is 0 Å². The van der Waals surface area contributed by atoms with Crippen LogP contribution in [-0.4, -0.2) is 84.4 Å². The van der Waals surface area contributed by atoms with E-state index in [2.05, 4.69) is 41.0 Å². The molecule has 12 heteroatoms. The number of halogens is 1. The number of fused-ring (bicyclic) bond motifs is 1. The van der Waals surface area contributed by atoms with Crippen LogP contribution in [0.2, 0.25) is 0 Å². The fraction of sp³-hybridized carbons (Fsp3) is 0.586. The highest BCUT2D eigenvalue weighted by molar-refractivity contribution is 7.90. The Bertz CT molecular complexity index is 1530. The summed E-state index contributed by atoms with van der Waals surface area (Å²) in [7, 11) is -3.04. The second-order valence-electron chi connectivity index (χ2n) is 12.0. The second-order valence-corrected chi connectivity index (χ2v) is 14.2. The zero-order valence-electron chi connectivity index (χ0n) is 24.0. The molecule has 1 saturated carbocycles. The number of pyridine rings is 2. The summed E-state index contributed by atoms with van der Waals surface area (Å²) < 4.78 is 44.3. The molecular weight excluding hydrogens is 545 g/mol. The Kier molecular flexibility index (Phi) is 7.48. The molecule has 0 aromatic carbocycles. The summed E-state index contributed by atoms with van der Waals surface area (Å²) in [6.45, 7) is 7.79. The zero-order chi connectivity index (χ0) is 28.9. The Labute approximate surface area is 240 Å². The minimum absolute atomic E-state index is 0.0890. The van der Waals surface area contributed by atoms with Crippen LogP contribution in [0.4, 0.5) is 27.7 Å². The molecule has 1 aliphatic carbocycles. The lowest BCUT2D eigenvalue weighted by Gasteiger charge is -2.48. The number of nitrogens with zero attached hydrogens (tertiary/aromatic N) is 6. The molecule has 41 heavy (non-hydrogen) atoms. The maximum Gasteiger partial charge on any atom is 0.227 e.